The number of carbonyl (C=O) groups is 1. The summed E-state index contributed by atoms with van der Waals surface area (Å²) >= 11 is 0. The highest BCUT2D eigenvalue weighted by Gasteiger charge is 2.26. The van der Waals surface area contributed by atoms with Gasteiger partial charge in [-0.3, -0.25) is 4.79 Å². The Morgan fingerprint density at radius 1 is 1.17 bits per heavy atom. The molecule has 0 aliphatic carbocycles. The van der Waals surface area contributed by atoms with E-state index in [9.17, 15) is 4.79 Å². The fraction of sp³-hybridized carbons (Fsp3) is 0.167. The molecule has 0 aromatic heterocycles. The zero-order valence-electron chi connectivity index (χ0n) is 6.27. The quantitative estimate of drug-likeness (QED) is 0.501. The lowest BCUT2D eigenvalue weighted by Gasteiger charge is -2.01. The van der Waals surface area contributed by atoms with Gasteiger partial charge in [-0.25, -0.2) is 9.98 Å². The second-order valence-corrected chi connectivity index (χ2v) is 2.33. The molecule has 0 saturated heterocycles. The number of nitrogens with two attached hydrogens (primary N) is 1. The fourth-order valence-electron chi connectivity index (χ4n) is 0.955. The van der Waals surface area contributed by atoms with E-state index < -0.39 is 5.91 Å². The van der Waals surface area contributed by atoms with Crippen LogP contribution in [0.2, 0.25) is 0 Å². The number of fused-ring (bicyclic) bond motifs is 1. The van der Waals surface area contributed by atoms with Crippen LogP contribution in [0.3, 0.4) is 0 Å². The number of amidine groups is 2. The number of amides is 1. The predicted molar refractivity (Wildman–Crippen MR) is 44.6 cm³/mol. The van der Waals surface area contributed by atoms with E-state index in [1.165, 1.54) is 0 Å². The summed E-state index contributed by atoms with van der Waals surface area (Å²) in [6, 6.07) is 0. The van der Waals surface area contributed by atoms with Crippen LogP contribution < -0.4 is 5.73 Å². The van der Waals surface area contributed by atoms with E-state index in [0.717, 1.165) is 0 Å². The molecule has 0 fully saturated rings. The highest BCUT2D eigenvalue weighted by atomic mass is 16.1. The van der Waals surface area contributed by atoms with Crippen molar-refractivity contribution in [3.63, 3.8) is 0 Å². The minimum absolute atomic E-state index is 0.0626. The predicted octanol–water partition coefficient (Wildman–Crippen LogP) is -0.887. The number of hydrogen-bond donors (Lipinski definition) is 1. The van der Waals surface area contributed by atoms with Crippen LogP contribution in [-0.4, -0.2) is 29.2 Å². The highest BCUT2D eigenvalue weighted by Crippen LogP contribution is 2.05. The molecule has 0 spiro atoms. The highest BCUT2D eigenvalue weighted by molar-refractivity contribution is 6.71. The first-order valence-electron chi connectivity index (χ1n) is 3.28. The van der Waals surface area contributed by atoms with Crippen LogP contribution in [0.15, 0.2) is 20.0 Å². The van der Waals surface area contributed by atoms with Gasteiger partial charge in [-0.15, -0.1) is 0 Å². The Balaban J connectivity index is 2.54. The molecular weight excluding hydrogens is 158 g/mol. The second-order valence-electron chi connectivity index (χ2n) is 2.33. The third-order valence-electron chi connectivity index (χ3n) is 1.39. The number of nitrogens with zero attached hydrogens (tertiary/aromatic N) is 4. The molecule has 0 atom stereocenters. The second kappa shape index (κ2) is 2.07. The Morgan fingerprint density at radius 3 is 2.67 bits per heavy atom. The molecule has 0 radical (unpaired) electrons. The van der Waals surface area contributed by atoms with Gasteiger partial charge in [-0.05, 0) is 6.92 Å². The molecule has 0 aromatic carbocycles. The molecule has 6 nitrogen and oxygen atoms in total. The third-order valence-corrected chi connectivity index (χ3v) is 1.39. The summed E-state index contributed by atoms with van der Waals surface area (Å²) in [7, 11) is 0. The van der Waals surface area contributed by atoms with Gasteiger partial charge in [-0.2, -0.15) is 9.98 Å². The van der Waals surface area contributed by atoms with Crippen molar-refractivity contribution < 1.29 is 4.79 Å². The molecule has 2 heterocycles. The van der Waals surface area contributed by atoms with Crippen molar-refractivity contribution in [3.8, 4) is 0 Å². The SMILES string of the molecule is CC1=NC2=NC(N)=NC(=O)C2=N1. The van der Waals surface area contributed by atoms with E-state index >= 15 is 0 Å². The number of aliphatic imine (C=N–C) groups is 4. The first-order valence-corrected chi connectivity index (χ1v) is 3.28. The minimum atomic E-state index is -0.474. The number of carbonyl (C=O) groups excluding carboxylic acids is 1. The number of rotatable bonds is 0. The maximum atomic E-state index is 11.1. The summed E-state index contributed by atoms with van der Waals surface area (Å²) in [5.41, 5.74) is 5.43. The molecule has 60 valence electrons. The third kappa shape index (κ3) is 0.849. The van der Waals surface area contributed by atoms with Crippen molar-refractivity contribution in [1.29, 1.82) is 0 Å². The summed E-state index contributed by atoms with van der Waals surface area (Å²) < 4.78 is 0. The molecule has 0 aromatic rings. The lowest BCUT2D eigenvalue weighted by molar-refractivity contribution is -0.111. The van der Waals surface area contributed by atoms with Crippen molar-refractivity contribution >= 4 is 29.2 Å². The Hall–Kier alpha value is -1.85. The molecule has 2 rings (SSSR count). The Morgan fingerprint density at radius 2 is 1.92 bits per heavy atom. The summed E-state index contributed by atoms with van der Waals surface area (Å²) in [6.45, 7) is 1.68. The summed E-state index contributed by atoms with van der Waals surface area (Å²) in [5, 5.41) is 0. The molecule has 0 saturated carbocycles. The first-order chi connectivity index (χ1) is 5.66. The van der Waals surface area contributed by atoms with Crippen LogP contribution in [0.25, 0.3) is 0 Å². The maximum Gasteiger partial charge on any atom is 0.302 e. The molecule has 1 amide bonds. The van der Waals surface area contributed by atoms with Crippen LogP contribution >= 0.6 is 0 Å². The summed E-state index contributed by atoms with van der Waals surface area (Å²) in [6.07, 6.45) is 0. The van der Waals surface area contributed by atoms with Crippen LogP contribution in [0.5, 0.6) is 0 Å². The summed E-state index contributed by atoms with van der Waals surface area (Å²) in [4.78, 5) is 26.0. The van der Waals surface area contributed by atoms with Gasteiger partial charge in [0, 0.05) is 0 Å². The van der Waals surface area contributed by atoms with E-state index in [1.807, 2.05) is 0 Å². The van der Waals surface area contributed by atoms with Crippen molar-refractivity contribution in [1.82, 2.24) is 0 Å². The topological polar surface area (TPSA) is 92.5 Å². The van der Waals surface area contributed by atoms with Crippen LogP contribution in [-0.2, 0) is 4.79 Å². The smallest absolute Gasteiger partial charge is 0.302 e. The van der Waals surface area contributed by atoms with Gasteiger partial charge in [0.25, 0.3) is 0 Å². The molecule has 2 N–H and O–H groups in total. The lowest BCUT2D eigenvalue weighted by Crippen LogP contribution is -2.28. The van der Waals surface area contributed by atoms with Crippen molar-refractivity contribution in [2.45, 2.75) is 6.92 Å². The number of hydrogen-bond acceptors (Lipinski definition) is 5. The molecule has 12 heavy (non-hydrogen) atoms. The fourth-order valence-corrected chi connectivity index (χ4v) is 0.955. The molecule has 6 heteroatoms. The van der Waals surface area contributed by atoms with Gasteiger partial charge < -0.3 is 5.73 Å². The minimum Gasteiger partial charge on any atom is -0.368 e. The average molecular weight is 163 g/mol. The Labute approximate surface area is 67.6 Å². The zero-order chi connectivity index (χ0) is 8.72. The molecule has 2 aliphatic rings. The van der Waals surface area contributed by atoms with Crippen LogP contribution in [0.4, 0.5) is 0 Å². The maximum absolute atomic E-state index is 11.1. The van der Waals surface area contributed by atoms with Crippen molar-refractivity contribution in [3.05, 3.63) is 0 Å². The van der Waals surface area contributed by atoms with Crippen molar-refractivity contribution in [2.75, 3.05) is 0 Å². The van der Waals surface area contributed by atoms with Gasteiger partial charge in [0.2, 0.25) is 5.96 Å². The number of guanidine groups is 1. The van der Waals surface area contributed by atoms with Gasteiger partial charge in [0.1, 0.15) is 5.84 Å². The molecule has 0 unspecified atom stereocenters. The molecule has 2 aliphatic heterocycles. The van der Waals surface area contributed by atoms with E-state index in [4.69, 9.17) is 5.73 Å². The van der Waals surface area contributed by atoms with Gasteiger partial charge in [0.15, 0.2) is 11.5 Å². The van der Waals surface area contributed by atoms with Crippen LogP contribution in [0.1, 0.15) is 6.92 Å². The van der Waals surface area contributed by atoms with Gasteiger partial charge >= 0.3 is 5.91 Å². The van der Waals surface area contributed by atoms with E-state index in [2.05, 4.69) is 20.0 Å². The molecule has 0 bridgehead atoms. The normalized spacial score (nSPS) is 20.9. The monoisotopic (exact) mass is 163 g/mol. The lowest BCUT2D eigenvalue weighted by atomic mass is 10.3. The molecular formula is C6H5N5O. The average Bonchev–Trinajstić information content (AvgIpc) is 2.29. The first kappa shape index (κ1) is 6.84. The Bertz CT molecular complexity index is 387. The van der Waals surface area contributed by atoms with Crippen LogP contribution in [0, 0.1) is 0 Å². The van der Waals surface area contributed by atoms with E-state index in [0.29, 0.717) is 5.84 Å². The van der Waals surface area contributed by atoms with Gasteiger partial charge in [0.05, 0.1) is 0 Å². The van der Waals surface area contributed by atoms with Gasteiger partial charge in [-0.1, -0.05) is 0 Å². The zero-order valence-corrected chi connectivity index (χ0v) is 6.27. The Kier molecular flexibility index (Phi) is 1.18. The summed E-state index contributed by atoms with van der Waals surface area (Å²) in [5.74, 6) is 0.234. The van der Waals surface area contributed by atoms with Crippen molar-refractivity contribution in [2.24, 2.45) is 25.7 Å². The van der Waals surface area contributed by atoms with E-state index in [-0.39, 0.29) is 17.5 Å². The standard InChI is InChI=1S/C6H5N5O/c1-2-8-3-4(9-2)10-6(7)11-5(3)12/h1H3,(H2,7,11,12). The van der Waals surface area contributed by atoms with E-state index in [1.54, 1.807) is 6.92 Å². The largest absolute Gasteiger partial charge is 0.368 e.